The van der Waals surface area contributed by atoms with E-state index < -0.39 is 23.9 Å². The van der Waals surface area contributed by atoms with Crippen LogP contribution in [0.25, 0.3) is 0 Å². The Morgan fingerprint density at radius 1 is 0.973 bits per heavy atom. The smallest absolute Gasteiger partial charge is 0.317 e. The first-order valence-electron chi connectivity index (χ1n) is 11.4. The number of hydrogen-bond acceptors (Lipinski definition) is 6. The van der Waals surface area contributed by atoms with Crippen molar-refractivity contribution in [1.29, 1.82) is 0 Å². The first-order valence-corrected chi connectivity index (χ1v) is 11.4. The maximum atomic E-state index is 14.8. The van der Waals surface area contributed by atoms with Gasteiger partial charge in [0.2, 0.25) is 11.9 Å². The van der Waals surface area contributed by atoms with Crippen LogP contribution in [-0.4, -0.2) is 52.2 Å². The van der Waals surface area contributed by atoms with E-state index >= 15 is 0 Å². The summed E-state index contributed by atoms with van der Waals surface area (Å²) in [6, 6.07) is 16.0. The normalized spacial score (nSPS) is 14.7. The predicted molar refractivity (Wildman–Crippen MR) is 137 cm³/mol. The van der Waals surface area contributed by atoms with Crippen LogP contribution in [0.2, 0.25) is 0 Å². The van der Waals surface area contributed by atoms with Gasteiger partial charge in [0.05, 0.1) is 32.7 Å². The van der Waals surface area contributed by atoms with Crippen LogP contribution in [0.1, 0.15) is 16.7 Å². The van der Waals surface area contributed by atoms with Gasteiger partial charge < -0.3 is 29.7 Å². The highest BCUT2D eigenvalue weighted by Crippen LogP contribution is 2.38. The fraction of sp³-hybridized carbons (Fsp3) is 0.222. The lowest BCUT2D eigenvalue weighted by Crippen LogP contribution is -2.49. The second-order valence-corrected chi connectivity index (χ2v) is 8.14. The summed E-state index contributed by atoms with van der Waals surface area (Å²) < 4.78 is 30.8. The molecule has 0 fully saturated rings. The molecule has 0 bridgehead atoms. The zero-order valence-electron chi connectivity index (χ0n) is 20.9. The Morgan fingerprint density at radius 2 is 1.59 bits per heavy atom. The van der Waals surface area contributed by atoms with Gasteiger partial charge in [-0.15, -0.1) is 0 Å². The minimum absolute atomic E-state index is 0.101. The monoisotopic (exact) mass is 506 g/mol. The molecule has 1 atom stereocenters. The molecule has 10 heteroatoms. The number of para-hydroxylation sites is 1. The van der Waals surface area contributed by atoms with Gasteiger partial charge in [-0.1, -0.05) is 30.3 Å². The summed E-state index contributed by atoms with van der Waals surface area (Å²) in [7, 11) is 6.08. The van der Waals surface area contributed by atoms with Crippen molar-refractivity contribution in [2.24, 2.45) is 4.99 Å². The van der Waals surface area contributed by atoms with Crippen molar-refractivity contribution in [3.63, 3.8) is 0 Å². The molecule has 1 unspecified atom stereocenters. The molecule has 37 heavy (non-hydrogen) atoms. The second kappa shape index (κ2) is 11.0. The van der Waals surface area contributed by atoms with Gasteiger partial charge in [-0.25, -0.2) is 14.2 Å². The van der Waals surface area contributed by atoms with Crippen molar-refractivity contribution in [3.05, 3.63) is 83.2 Å². The minimum atomic E-state index is -1.29. The van der Waals surface area contributed by atoms with E-state index in [2.05, 4.69) is 15.6 Å². The Morgan fingerprint density at radius 3 is 2.22 bits per heavy atom. The number of rotatable bonds is 7. The van der Waals surface area contributed by atoms with Gasteiger partial charge in [-0.2, -0.15) is 0 Å². The number of halogens is 1. The number of urea groups is 1. The third-order valence-electron chi connectivity index (χ3n) is 5.92. The first-order chi connectivity index (χ1) is 17.9. The van der Waals surface area contributed by atoms with Crippen molar-refractivity contribution in [2.45, 2.75) is 12.7 Å². The summed E-state index contributed by atoms with van der Waals surface area (Å²) in [5, 5.41) is 5.32. The van der Waals surface area contributed by atoms with Crippen LogP contribution in [0.4, 0.5) is 14.9 Å². The van der Waals surface area contributed by atoms with E-state index in [1.54, 1.807) is 61.6 Å². The molecule has 0 radical (unpaired) electrons. The molecule has 0 saturated heterocycles. The number of likely N-dealkylation sites (N-methyl/N-ethyl adjacent to an activating group) is 1. The lowest BCUT2D eigenvalue weighted by Gasteiger charge is -2.21. The summed E-state index contributed by atoms with van der Waals surface area (Å²) >= 11 is 0. The number of aliphatic imine (C=N–C) groups is 1. The van der Waals surface area contributed by atoms with Gasteiger partial charge in [0.25, 0.3) is 5.91 Å². The van der Waals surface area contributed by atoms with Crippen molar-refractivity contribution in [1.82, 2.24) is 10.6 Å². The molecule has 9 nitrogen and oxygen atoms in total. The number of nitrogens with zero attached hydrogens (tertiary/aromatic N) is 2. The summed E-state index contributed by atoms with van der Waals surface area (Å²) in [6.07, 6.45) is -1.29. The fourth-order valence-electron chi connectivity index (χ4n) is 4.08. The number of anilines is 1. The average molecular weight is 507 g/mol. The Bertz CT molecular complexity index is 1340. The maximum Gasteiger partial charge on any atom is 0.317 e. The molecule has 3 aromatic carbocycles. The van der Waals surface area contributed by atoms with Crippen molar-refractivity contribution in [2.75, 3.05) is 33.3 Å². The second-order valence-electron chi connectivity index (χ2n) is 8.14. The van der Waals surface area contributed by atoms with Crippen LogP contribution in [-0.2, 0) is 11.3 Å². The van der Waals surface area contributed by atoms with E-state index in [9.17, 15) is 14.0 Å². The third kappa shape index (κ3) is 5.18. The SMILES string of the molecule is COc1cc(CNC(=O)NC2N=C(c3ccccc3F)c3ccccc3N(C)C2=O)cc(OC)c1OC. The van der Waals surface area contributed by atoms with Crippen LogP contribution in [0, 0.1) is 5.82 Å². The standard InChI is InChI=1S/C27H27FN4O5/c1-32-20-12-8-6-10-18(20)23(17-9-5-7-11-19(17)28)30-25(26(32)33)31-27(34)29-15-16-13-21(35-2)24(37-4)22(14-16)36-3/h5-14,25H,15H2,1-4H3,(H2,29,31,34). The van der Waals surface area contributed by atoms with E-state index in [0.717, 1.165) is 0 Å². The molecular formula is C27H27FN4O5. The van der Waals surface area contributed by atoms with E-state index in [0.29, 0.717) is 34.1 Å². The Labute approximate surface area is 213 Å². The van der Waals surface area contributed by atoms with Crippen LogP contribution < -0.4 is 29.7 Å². The molecule has 3 aromatic rings. The van der Waals surface area contributed by atoms with Crippen molar-refractivity contribution in [3.8, 4) is 17.2 Å². The molecule has 1 aliphatic heterocycles. The molecule has 0 aromatic heterocycles. The highest BCUT2D eigenvalue weighted by atomic mass is 19.1. The molecule has 1 aliphatic rings. The summed E-state index contributed by atoms with van der Waals surface area (Å²) in [4.78, 5) is 32.0. The Kier molecular flexibility index (Phi) is 7.57. The molecule has 2 N–H and O–H groups in total. The van der Waals surface area contributed by atoms with E-state index in [4.69, 9.17) is 14.2 Å². The van der Waals surface area contributed by atoms with Crippen LogP contribution in [0.5, 0.6) is 17.2 Å². The number of ether oxygens (including phenoxy) is 3. The molecule has 0 saturated carbocycles. The highest BCUT2D eigenvalue weighted by molar-refractivity contribution is 6.20. The van der Waals surface area contributed by atoms with Crippen LogP contribution in [0.3, 0.4) is 0 Å². The van der Waals surface area contributed by atoms with E-state index in [-0.39, 0.29) is 17.8 Å². The Hall–Kier alpha value is -4.60. The lowest BCUT2D eigenvalue weighted by molar-refractivity contribution is -0.119. The molecule has 4 rings (SSSR count). The minimum Gasteiger partial charge on any atom is -0.493 e. The van der Waals surface area contributed by atoms with Gasteiger partial charge in [-0.05, 0) is 35.9 Å². The largest absolute Gasteiger partial charge is 0.493 e. The number of benzene rings is 3. The first kappa shape index (κ1) is 25.5. The number of carbonyl (C=O) groups is 2. The third-order valence-corrected chi connectivity index (χ3v) is 5.92. The Balaban J connectivity index is 1.60. The number of benzodiazepines with no additional fused rings is 1. The van der Waals surface area contributed by atoms with Gasteiger partial charge in [0.1, 0.15) is 5.82 Å². The zero-order chi connectivity index (χ0) is 26.5. The molecular weight excluding hydrogens is 479 g/mol. The number of methoxy groups -OCH3 is 3. The zero-order valence-corrected chi connectivity index (χ0v) is 20.9. The molecule has 0 spiro atoms. The van der Waals surface area contributed by atoms with Crippen molar-refractivity contribution < 1.29 is 28.2 Å². The number of fused-ring (bicyclic) bond motifs is 1. The van der Waals surface area contributed by atoms with Crippen molar-refractivity contribution >= 4 is 23.3 Å². The number of nitrogens with one attached hydrogen (secondary N) is 2. The number of carbonyl (C=O) groups excluding carboxylic acids is 2. The van der Waals surface area contributed by atoms with Crippen LogP contribution in [0.15, 0.2) is 65.7 Å². The maximum absolute atomic E-state index is 14.8. The van der Waals surface area contributed by atoms with Crippen LogP contribution >= 0.6 is 0 Å². The van der Waals surface area contributed by atoms with Gasteiger partial charge in [0, 0.05) is 24.7 Å². The number of hydrogen-bond donors (Lipinski definition) is 2. The molecule has 192 valence electrons. The van der Waals surface area contributed by atoms with E-state index in [1.807, 2.05) is 0 Å². The summed E-state index contributed by atoms with van der Waals surface area (Å²) in [6.45, 7) is 0.101. The fourth-order valence-corrected chi connectivity index (χ4v) is 4.08. The average Bonchev–Trinajstić information content (AvgIpc) is 3.02. The molecule has 1 heterocycles. The van der Waals surface area contributed by atoms with Gasteiger partial charge in [-0.3, -0.25) is 4.79 Å². The lowest BCUT2D eigenvalue weighted by atomic mass is 10.00. The predicted octanol–water partition coefficient (Wildman–Crippen LogP) is 3.49. The quantitative estimate of drug-likeness (QED) is 0.511. The number of amides is 3. The molecule has 3 amide bonds. The molecule has 0 aliphatic carbocycles. The van der Waals surface area contributed by atoms with Gasteiger partial charge >= 0.3 is 6.03 Å². The van der Waals surface area contributed by atoms with E-state index in [1.165, 1.54) is 32.3 Å². The highest BCUT2D eigenvalue weighted by Gasteiger charge is 2.31. The summed E-state index contributed by atoms with van der Waals surface area (Å²) in [5.74, 6) is 0.355. The summed E-state index contributed by atoms with van der Waals surface area (Å²) in [5.41, 5.74) is 2.29. The topological polar surface area (TPSA) is 101 Å². The van der Waals surface area contributed by atoms with Gasteiger partial charge in [0.15, 0.2) is 11.5 Å².